The number of rotatable bonds is 3. The Morgan fingerprint density at radius 1 is 1.05 bits per heavy atom. The number of hydrogen-bond acceptors (Lipinski definition) is 3. The van der Waals surface area contributed by atoms with E-state index in [1.165, 1.54) is 11.1 Å². The minimum absolute atomic E-state index is 0. The Hall–Kier alpha value is -1.65. The smallest absolute Gasteiger partial charge is 0.303 e. The Bertz CT molecular complexity index is 631. The van der Waals surface area contributed by atoms with Crippen molar-refractivity contribution in [1.82, 2.24) is 0 Å². The molecule has 0 aromatic heterocycles. The second-order valence-electron chi connectivity index (χ2n) is 5.09. The maximum atomic E-state index is 6.09. The number of amidine groups is 1. The van der Waals surface area contributed by atoms with Crippen LogP contribution in [-0.4, -0.2) is 12.3 Å². The van der Waals surface area contributed by atoms with Crippen LogP contribution >= 0.6 is 11.8 Å². The summed E-state index contributed by atoms with van der Waals surface area (Å²) in [6, 6.07) is 19.0. The van der Waals surface area contributed by atoms with Gasteiger partial charge in [0.25, 0.3) is 0 Å². The van der Waals surface area contributed by atoms with Crippen molar-refractivity contribution in [3.63, 3.8) is 0 Å². The van der Waals surface area contributed by atoms with Crippen molar-refractivity contribution in [2.45, 2.75) is 17.7 Å². The molecule has 1 aliphatic rings. The first-order valence-electron chi connectivity index (χ1n) is 7.01. The average Bonchev–Trinajstić information content (AvgIpc) is 2.55. The van der Waals surface area contributed by atoms with Crippen LogP contribution in [0.15, 0.2) is 54.6 Å². The van der Waals surface area contributed by atoms with Gasteiger partial charge in [-0.2, -0.15) is 0 Å². The Morgan fingerprint density at radius 3 is 2.36 bits per heavy atom. The second-order valence-corrected chi connectivity index (χ2v) is 6.33. The van der Waals surface area contributed by atoms with Gasteiger partial charge in [-0.3, -0.25) is 10.7 Å². The van der Waals surface area contributed by atoms with Crippen molar-refractivity contribution >= 4 is 16.9 Å². The standard InChI is InChI=1S/C17H18N2OS.ClH/c1-20-14-9-7-12(8-10-14)15-11-16(21-17(18)19-15)13-5-3-2-4-6-13;/h2-10,15-16H,11H2,1H3,(H2,18,19);1H/t15-,16+;/m1./s1. The summed E-state index contributed by atoms with van der Waals surface area (Å²) in [6.07, 6.45) is 1.02. The van der Waals surface area contributed by atoms with E-state index < -0.39 is 0 Å². The second kappa shape index (κ2) is 7.56. The highest BCUT2D eigenvalue weighted by Crippen LogP contribution is 2.37. The summed E-state index contributed by atoms with van der Waals surface area (Å²) in [5, 5.41) is 1.18. The number of methoxy groups -OCH3 is 1. The zero-order valence-electron chi connectivity index (χ0n) is 12.3. The molecule has 2 aromatic rings. The minimum Gasteiger partial charge on any atom is -1.00 e. The van der Waals surface area contributed by atoms with Crippen molar-refractivity contribution in [1.29, 1.82) is 0 Å². The Morgan fingerprint density at radius 2 is 1.73 bits per heavy atom. The summed E-state index contributed by atoms with van der Waals surface area (Å²) in [6.45, 7) is 0. The van der Waals surface area contributed by atoms with E-state index in [1.54, 1.807) is 18.9 Å². The van der Waals surface area contributed by atoms with Crippen molar-refractivity contribution < 1.29 is 22.1 Å². The van der Waals surface area contributed by atoms with Gasteiger partial charge in [0, 0.05) is 11.7 Å². The van der Waals surface area contributed by atoms with Crippen LogP contribution in [0.3, 0.4) is 0 Å². The maximum Gasteiger partial charge on any atom is 0.303 e. The normalized spacial score (nSPS) is 20.7. The molecule has 0 spiro atoms. The third-order valence-corrected chi connectivity index (χ3v) is 4.85. The zero-order valence-corrected chi connectivity index (χ0v) is 13.9. The van der Waals surface area contributed by atoms with E-state index in [-0.39, 0.29) is 18.4 Å². The first-order valence-corrected chi connectivity index (χ1v) is 7.89. The van der Waals surface area contributed by atoms with Gasteiger partial charge in [0.15, 0.2) is 0 Å². The predicted molar refractivity (Wildman–Crippen MR) is 87.3 cm³/mol. The molecule has 0 fully saturated rings. The number of hydrogen-bond donors (Lipinski definition) is 2. The van der Waals surface area contributed by atoms with Gasteiger partial charge in [0.05, 0.1) is 7.11 Å². The number of ether oxygens (including phenoxy) is 1. The van der Waals surface area contributed by atoms with Crippen LogP contribution in [-0.2, 0) is 0 Å². The third-order valence-electron chi connectivity index (χ3n) is 3.73. The number of nitrogens with two attached hydrogens (primary N) is 1. The molecule has 3 N–H and O–H groups in total. The molecule has 0 bridgehead atoms. The molecule has 3 nitrogen and oxygen atoms in total. The molecule has 5 heteroatoms. The molecule has 1 aliphatic heterocycles. The molecule has 2 atom stereocenters. The van der Waals surface area contributed by atoms with Crippen molar-refractivity contribution in [3.05, 3.63) is 65.7 Å². The van der Waals surface area contributed by atoms with Gasteiger partial charge < -0.3 is 17.1 Å². The molecule has 0 saturated carbocycles. The molecule has 0 saturated heterocycles. The lowest BCUT2D eigenvalue weighted by molar-refractivity contribution is -0.511. The lowest BCUT2D eigenvalue weighted by atomic mass is 9.98. The van der Waals surface area contributed by atoms with Gasteiger partial charge in [-0.25, -0.2) is 0 Å². The van der Waals surface area contributed by atoms with Crippen LogP contribution in [0.1, 0.15) is 28.8 Å². The average molecular weight is 335 g/mol. The SMILES string of the molecule is COc1ccc([C@H]2C[C@@H](c3ccccc3)SC(N)=[NH+]2)cc1.[Cl-]. The molecule has 1 heterocycles. The van der Waals surface area contributed by atoms with Crippen molar-refractivity contribution in [3.8, 4) is 5.75 Å². The zero-order chi connectivity index (χ0) is 14.7. The van der Waals surface area contributed by atoms with Crippen LogP contribution < -0.4 is 27.9 Å². The van der Waals surface area contributed by atoms with E-state index in [2.05, 4.69) is 41.4 Å². The molecule has 2 aromatic carbocycles. The fourth-order valence-corrected chi connectivity index (χ4v) is 3.71. The van der Waals surface area contributed by atoms with Crippen LogP contribution in [0.4, 0.5) is 0 Å². The summed E-state index contributed by atoms with van der Waals surface area (Å²) >= 11 is 1.70. The fourth-order valence-electron chi connectivity index (χ4n) is 2.61. The van der Waals surface area contributed by atoms with E-state index in [4.69, 9.17) is 10.5 Å². The van der Waals surface area contributed by atoms with E-state index in [0.717, 1.165) is 17.3 Å². The number of thioether (sulfide) groups is 1. The van der Waals surface area contributed by atoms with Gasteiger partial charge in [-0.1, -0.05) is 42.5 Å². The van der Waals surface area contributed by atoms with Crippen molar-refractivity contribution in [2.24, 2.45) is 5.73 Å². The van der Waals surface area contributed by atoms with E-state index >= 15 is 0 Å². The Labute approximate surface area is 141 Å². The van der Waals surface area contributed by atoms with Crippen LogP contribution in [0.25, 0.3) is 0 Å². The highest BCUT2D eigenvalue weighted by molar-refractivity contribution is 8.13. The highest BCUT2D eigenvalue weighted by atomic mass is 35.5. The van der Waals surface area contributed by atoms with E-state index in [0.29, 0.717) is 5.25 Å². The van der Waals surface area contributed by atoms with Crippen molar-refractivity contribution in [2.75, 3.05) is 7.11 Å². The highest BCUT2D eigenvalue weighted by Gasteiger charge is 2.28. The molecule has 116 valence electrons. The van der Waals surface area contributed by atoms with Crippen LogP contribution in [0.2, 0.25) is 0 Å². The van der Waals surface area contributed by atoms with Gasteiger partial charge in [0.2, 0.25) is 0 Å². The Kier molecular flexibility index (Phi) is 5.75. The number of benzene rings is 2. The predicted octanol–water partition coefficient (Wildman–Crippen LogP) is -0.986. The first kappa shape index (κ1) is 16.7. The van der Waals surface area contributed by atoms with Crippen LogP contribution in [0.5, 0.6) is 5.75 Å². The summed E-state index contributed by atoms with van der Waals surface area (Å²) in [4.78, 5) is 3.39. The van der Waals surface area contributed by atoms with Gasteiger partial charge in [-0.15, -0.1) is 0 Å². The van der Waals surface area contributed by atoms with E-state index in [9.17, 15) is 0 Å². The van der Waals surface area contributed by atoms with Gasteiger partial charge in [-0.05, 0) is 35.0 Å². The lowest BCUT2D eigenvalue weighted by Gasteiger charge is -2.23. The molecular formula is C17H19ClN2OS. The van der Waals surface area contributed by atoms with Gasteiger partial charge >= 0.3 is 5.17 Å². The summed E-state index contributed by atoms with van der Waals surface area (Å²) in [5.41, 5.74) is 8.65. The number of halogens is 1. The molecule has 0 unspecified atom stereocenters. The monoisotopic (exact) mass is 334 g/mol. The third kappa shape index (κ3) is 3.76. The maximum absolute atomic E-state index is 6.09. The molecule has 22 heavy (non-hydrogen) atoms. The summed E-state index contributed by atoms with van der Waals surface area (Å²) in [5.74, 6) is 0.875. The molecule has 0 radical (unpaired) electrons. The molecular weight excluding hydrogens is 316 g/mol. The molecule has 3 rings (SSSR count). The molecule has 0 amide bonds. The minimum atomic E-state index is 0. The largest absolute Gasteiger partial charge is 1.00 e. The quantitative estimate of drug-likeness (QED) is 0.758. The van der Waals surface area contributed by atoms with Gasteiger partial charge in [0.1, 0.15) is 11.8 Å². The summed E-state index contributed by atoms with van der Waals surface area (Å²) in [7, 11) is 1.68. The fraction of sp³-hybridized carbons (Fsp3) is 0.235. The lowest BCUT2D eigenvalue weighted by Crippen LogP contribution is -3.00. The van der Waals surface area contributed by atoms with E-state index in [1.807, 2.05) is 18.2 Å². The topological polar surface area (TPSA) is 49.2 Å². The number of nitrogens with one attached hydrogen (secondary N) is 1. The first-order chi connectivity index (χ1) is 10.3. The molecule has 0 aliphatic carbocycles. The van der Waals surface area contributed by atoms with Crippen LogP contribution in [0, 0.1) is 0 Å². The Balaban J connectivity index is 0.00000176. The summed E-state index contributed by atoms with van der Waals surface area (Å²) < 4.78 is 5.21.